The van der Waals surface area contributed by atoms with Gasteiger partial charge >= 0.3 is 5.97 Å². The van der Waals surface area contributed by atoms with Crippen LogP contribution in [-0.4, -0.2) is 47.2 Å². The van der Waals surface area contributed by atoms with Crippen LogP contribution in [0.4, 0.5) is 17.1 Å². The summed E-state index contributed by atoms with van der Waals surface area (Å²) >= 11 is 0. The summed E-state index contributed by atoms with van der Waals surface area (Å²) in [6.45, 7) is 10.5. The number of hydrogen-bond donors (Lipinski definition) is 0. The molecular weight excluding hydrogens is 530 g/mol. The number of anilines is 3. The molecule has 1 unspecified atom stereocenters. The van der Waals surface area contributed by atoms with Crippen molar-refractivity contribution >= 4 is 28.6 Å². The predicted octanol–water partition coefficient (Wildman–Crippen LogP) is 7.77. The molecule has 0 bridgehead atoms. The van der Waals surface area contributed by atoms with E-state index in [2.05, 4.69) is 108 Å². The lowest BCUT2D eigenvalue weighted by atomic mass is 9.75. The summed E-state index contributed by atoms with van der Waals surface area (Å²) in [6.07, 6.45) is 1.86. The molecule has 0 radical (unpaired) electrons. The summed E-state index contributed by atoms with van der Waals surface area (Å²) < 4.78 is 6.56. The van der Waals surface area contributed by atoms with Gasteiger partial charge in [-0.1, -0.05) is 67.3 Å². The predicted molar refractivity (Wildman–Crippen MR) is 180 cm³/mol. The highest BCUT2D eigenvalue weighted by Crippen LogP contribution is 2.51. The molecule has 0 N–H and O–H groups in total. The molecule has 0 aliphatic carbocycles. The Balaban J connectivity index is 1.84. The number of hydrogen-bond acceptors (Lipinski definition) is 5. The van der Waals surface area contributed by atoms with Crippen molar-refractivity contribution < 1.29 is 9.53 Å². The van der Waals surface area contributed by atoms with Crippen LogP contribution in [0.5, 0.6) is 0 Å². The van der Waals surface area contributed by atoms with Crippen LogP contribution in [-0.2, 0) is 10.3 Å². The molecule has 5 rings (SSSR count). The van der Waals surface area contributed by atoms with Crippen LogP contribution in [0.3, 0.4) is 0 Å². The molecule has 4 aromatic rings. The van der Waals surface area contributed by atoms with E-state index in [1.54, 1.807) is 0 Å². The number of esters is 1. The Morgan fingerprint density at radius 2 is 1.21 bits per heavy atom. The third-order valence-electron chi connectivity index (χ3n) is 8.37. The van der Waals surface area contributed by atoms with Crippen molar-refractivity contribution in [1.29, 1.82) is 0 Å². The van der Waals surface area contributed by atoms with Gasteiger partial charge in [0.2, 0.25) is 0 Å². The molecule has 0 saturated heterocycles. The van der Waals surface area contributed by atoms with Crippen LogP contribution in [0.15, 0.2) is 115 Å². The van der Waals surface area contributed by atoms with Gasteiger partial charge in [0.25, 0.3) is 0 Å². The Hall–Kier alpha value is -4.77. The van der Waals surface area contributed by atoms with Gasteiger partial charge in [-0.3, -0.25) is 0 Å². The zero-order valence-electron chi connectivity index (χ0n) is 26.1. The Morgan fingerprint density at radius 3 is 1.67 bits per heavy atom. The first kappa shape index (κ1) is 29.7. The second kappa shape index (κ2) is 12.2. The maximum absolute atomic E-state index is 13.6. The third-order valence-corrected chi connectivity index (χ3v) is 8.37. The lowest BCUT2D eigenvalue weighted by Crippen LogP contribution is -2.31. The van der Waals surface area contributed by atoms with Gasteiger partial charge in [-0.2, -0.15) is 0 Å². The minimum Gasteiger partial charge on any atom is -0.441 e. The molecule has 1 aliphatic rings. The van der Waals surface area contributed by atoms with Crippen LogP contribution in [0, 0.1) is 0 Å². The molecule has 5 heteroatoms. The van der Waals surface area contributed by atoms with E-state index < -0.39 is 5.60 Å². The van der Waals surface area contributed by atoms with Crippen LogP contribution in [0.25, 0.3) is 5.57 Å². The van der Waals surface area contributed by atoms with Gasteiger partial charge in [0.15, 0.2) is 5.60 Å². The van der Waals surface area contributed by atoms with Gasteiger partial charge in [0.1, 0.15) is 0 Å². The number of carbonyl (C=O) groups is 1. The summed E-state index contributed by atoms with van der Waals surface area (Å²) in [6, 6.07) is 33.1. The van der Waals surface area contributed by atoms with E-state index in [0.717, 1.165) is 63.6 Å². The SMILES string of the molecule is C=CC(=C(c1ccc(N(C)C)cc1)c1ccc(N(C)C)cc1)C1(c2ccc(N(CC)CC)cc2)OC(=O)c2ccccc21. The number of fused-ring (bicyclic) bond motifs is 1. The quantitative estimate of drug-likeness (QED) is 0.144. The maximum atomic E-state index is 13.6. The minimum atomic E-state index is -1.19. The van der Waals surface area contributed by atoms with E-state index in [1.165, 1.54) is 0 Å². The van der Waals surface area contributed by atoms with E-state index in [0.29, 0.717) is 5.56 Å². The van der Waals surface area contributed by atoms with Crippen LogP contribution >= 0.6 is 0 Å². The second-order valence-electron chi connectivity index (χ2n) is 11.2. The number of cyclic esters (lactones) is 1. The summed E-state index contributed by atoms with van der Waals surface area (Å²) in [5.74, 6) is -0.340. The molecule has 220 valence electrons. The molecule has 0 amide bonds. The average molecular weight is 572 g/mol. The van der Waals surface area contributed by atoms with E-state index >= 15 is 0 Å². The van der Waals surface area contributed by atoms with E-state index in [9.17, 15) is 4.79 Å². The Morgan fingerprint density at radius 1 is 0.721 bits per heavy atom. The number of ether oxygens (including phenoxy) is 1. The lowest BCUT2D eigenvalue weighted by Gasteiger charge is -2.34. The second-order valence-corrected chi connectivity index (χ2v) is 11.2. The Labute approximate surface area is 256 Å². The van der Waals surface area contributed by atoms with Crippen LogP contribution in [0.1, 0.15) is 46.5 Å². The largest absolute Gasteiger partial charge is 0.441 e. The van der Waals surface area contributed by atoms with Crippen molar-refractivity contribution in [1.82, 2.24) is 0 Å². The van der Waals surface area contributed by atoms with Crippen molar-refractivity contribution in [3.05, 3.63) is 143 Å². The first-order chi connectivity index (χ1) is 20.7. The number of benzene rings is 4. The zero-order valence-corrected chi connectivity index (χ0v) is 26.1. The monoisotopic (exact) mass is 571 g/mol. The minimum absolute atomic E-state index is 0.340. The van der Waals surface area contributed by atoms with Gasteiger partial charge in [0.05, 0.1) is 5.56 Å². The Bertz CT molecular complexity index is 1580. The van der Waals surface area contributed by atoms with Crippen molar-refractivity contribution in [3.8, 4) is 0 Å². The molecule has 0 saturated carbocycles. The molecule has 4 aromatic carbocycles. The fraction of sp³-hybridized carbons (Fsp3) is 0.237. The molecule has 0 spiro atoms. The van der Waals surface area contributed by atoms with Gasteiger partial charge in [-0.15, -0.1) is 0 Å². The molecule has 0 fully saturated rings. The highest BCUT2D eigenvalue weighted by atomic mass is 16.6. The van der Waals surface area contributed by atoms with Crippen LogP contribution < -0.4 is 14.7 Å². The normalized spacial score (nSPS) is 15.3. The van der Waals surface area contributed by atoms with E-state index in [4.69, 9.17) is 4.74 Å². The lowest BCUT2D eigenvalue weighted by molar-refractivity contribution is 0.0251. The number of carbonyl (C=O) groups excluding carboxylic acids is 1. The van der Waals surface area contributed by atoms with E-state index in [-0.39, 0.29) is 5.97 Å². The van der Waals surface area contributed by atoms with Gasteiger partial charge in [0, 0.05) is 75.0 Å². The van der Waals surface area contributed by atoms with Gasteiger partial charge < -0.3 is 19.4 Å². The Kier molecular flexibility index (Phi) is 8.45. The molecule has 1 aliphatic heterocycles. The molecule has 0 aromatic heterocycles. The first-order valence-electron chi connectivity index (χ1n) is 14.9. The smallest absolute Gasteiger partial charge is 0.340 e. The topological polar surface area (TPSA) is 36.0 Å². The van der Waals surface area contributed by atoms with Crippen LogP contribution in [0.2, 0.25) is 0 Å². The zero-order chi connectivity index (χ0) is 30.7. The molecule has 1 atom stereocenters. The maximum Gasteiger partial charge on any atom is 0.340 e. The average Bonchev–Trinajstić information content (AvgIpc) is 3.33. The van der Waals surface area contributed by atoms with Crippen molar-refractivity contribution in [2.45, 2.75) is 19.4 Å². The number of rotatable bonds is 10. The fourth-order valence-corrected chi connectivity index (χ4v) is 6.03. The summed E-state index contributed by atoms with van der Waals surface area (Å²) in [5, 5.41) is 0. The summed E-state index contributed by atoms with van der Waals surface area (Å²) in [7, 11) is 8.14. The molecule has 43 heavy (non-hydrogen) atoms. The number of nitrogens with zero attached hydrogens (tertiary/aromatic N) is 3. The van der Waals surface area contributed by atoms with E-state index in [1.807, 2.05) is 58.5 Å². The summed E-state index contributed by atoms with van der Waals surface area (Å²) in [5.41, 5.74) is 8.21. The fourth-order valence-electron chi connectivity index (χ4n) is 6.03. The summed E-state index contributed by atoms with van der Waals surface area (Å²) in [4.78, 5) is 20.1. The van der Waals surface area contributed by atoms with Crippen molar-refractivity contribution in [2.24, 2.45) is 0 Å². The molecule has 5 nitrogen and oxygen atoms in total. The highest BCUT2D eigenvalue weighted by Gasteiger charge is 2.50. The first-order valence-corrected chi connectivity index (χ1v) is 14.9. The molecular formula is C38H41N3O2. The molecule has 1 heterocycles. The standard InChI is InChI=1S/C38H41N3O2/c1-8-34(36(27-15-21-30(22-16-27)39(4)5)28-17-23-31(24-18-28)40(6)7)38(35-14-12-11-13-33(35)37(42)43-38)29-19-25-32(26-20-29)41(9-2)10-3/h8,11-26H,1,9-10H2,2-7H3. The highest BCUT2D eigenvalue weighted by molar-refractivity contribution is 5.98. The third kappa shape index (κ3) is 5.32. The van der Waals surface area contributed by atoms with Crippen molar-refractivity contribution in [3.63, 3.8) is 0 Å². The van der Waals surface area contributed by atoms with Crippen molar-refractivity contribution in [2.75, 3.05) is 56.0 Å². The van der Waals surface area contributed by atoms with Gasteiger partial charge in [-0.25, -0.2) is 4.79 Å². The van der Waals surface area contributed by atoms with Gasteiger partial charge in [-0.05, 0) is 73.0 Å².